The first-order valence-corrected chi connectivity index (χ1v) is 5.81. The molecule has 0 aliphatic rings. The SMILES string of the molecule is Cc1ccccc1[C@H](C)NCc1cnnn1C. The first-order chi connectivity index (χ1) is 8.18. The van der Waals surface area contributed by atoms with Crippen LogP contribution < -0.4 is 5.32 Å². The van der Waals surface area contributed by atoms with Gasteiger partial charge in [0.05, 0.1) is 11.9 Å². The highest BCUT2D eigenvalue weighted by atomic mass is 15.4. The van der Waals surface area contributed by atoms with Gasteiger partial charge in [-0.25, -0.2) is 0 Å². The van der Waals surface area contributed by atoms with Crippen LogP contribution in [-0.4, -0.2) is 15.0 Å². The molecule has 0 radical (unpaired) electrons. The Hall–Kier alpha value is -1.68. The number of aryl methyl sites for hydroxylation is 2. The second-order valence-corrected chi connectivity index (χ2v) is 4.31. The monoisotopic (exact) mass is 230 g/mol. The fourth-order valence-corrected chi connectivity index (χ4v) is 1.91. The van der Waals surface area contributed by atoms with Crippen LogP contribution in [-0.2, 0) is 13.6 Å². The van der Waals surface area contributed by atoms with Crippen molar-refractivity contribution in [3.8, 4) is 0 Å². The van der Waals surface area contributed by atoms with E-state index in [0.717, 1.165) is 12.2 Å². The van der Waals surface area contributed by atoms with E-state index in [1.165, 1.54) is 11.1 Å². The van der Waals surface area contributed by atoms with Crippen molar-refractivity contribution >= 4 is 0 Å². The summed E-state index contributed by atoms with van der Waals surface area (Å²) in [6.45, 7) is 5.09. The highest BCUT2D eigenvalue weighted by Crippen LogP contribution is 2.16. The Morgan fingerprint density at radius 2 is 2.12 bits per heavy atom. The van der Waals surface area contributed by atoms with Crippen molar-refractivity contribution < 1.29 is 0 Å². The molecule has 2 aromatic rings. The lowest BCUT2D eigenvalue weighted by molar-refractivity contribution is 0.544. The van der Waals surface area contributed by atoms with Crippen LogP contribution in [0.4, 0.5) is 0 Å². The lowest BCUT2D eigenvalue weighted by Gasteiger charge is -2.16. The van der Waals surface area contributed by atoms with E-state index in [1.807, 2.05) is 7.05 Å². The number of aromatic nitrogens is 3. The zero-order valence-electron chi connectivity index (χ0n) is 10.5. The van der Waals surface area contributed by atoms with Crippen molar-refractivity contribution in [2.45, 2.75) is 26.4 Å². The van der Waals surface area contributed by atoms with Crippen molar-refractivity contribution in [3.63, 3.8) is 0 Å². The molecule has 0 fully saturated rings. The molecule has 1 aromatic carbocycles. The maximum atomic E-state index is 3.91. The summed E-state index contributed by atoms with van der Waals surface area (Å²) in [6, 6.07) is 8.77. The molecule has 4 nitrogen and oxygen atoms in total. The zero-order valence-corrected chi connectivity index (χ0v) is 10.5. The summed E-state index contributed by atoms with van der Waals surface area (Å²) in [5, 5.41) is 11.3. The van der Waals surface area contributed by atoms with Gasteiger partial charge in [-0.05, 0) is 25.0 Å². The Kier molecular flexibility index (Phi) is 3.54. The van der Waals surface area contributed by atoms with E-state index in [0.29, 0.717) is 6.04 Å². The minimum Gasteiger partial charge on any atom is -0.305 e. The van der Waals surface area contributed by atoms with Crippen LogP contribution in [0.25, 0.3) is 0 Å². The number of hydrogen-bond acceptors (Lipinski definition) is 3. The molecular weight excluding hydrogens is 212 g/mol. The second kappa shape index (κ2) is 5.10. The molecule has 0 bridgehead atoms. The quantitative estimate of drug-likeness (QED) is 0.873. The number of nitrogens with zero attached hydrogens (tertiary/aromatic N) is 3. The van der Waals surface area contributed by atoms with Gasteiger partial charge in [0.1, 0.15) is 0 Å². The highest BCUT2D eigenvalue weighted by molar-refractivity contribution is 5.28. The molecule has 0 saturated heterocycles. The van der Waals surface area contributed by atoms with Crippen LogP contribution in [0, 0.1) is 6.92 Å². The van der Waals surface area contributed by atoms with Crippen LogP contribution in [0.2, 0.25) is 0 Å². The average Bonchev–Trinajstić information content (AvgIpc) is 2.72. The van der Waals surface area contributed by atoms with Gasteiger partial charge >= 0.3 is 0 Å². The lowest BCUT2D eigenvalue weighted by atomic mass is 10.0. The van der Waals surface area contributed by atoms with Crippen LogP contribution in [0.5, 0.6) is 0 Å². The third-order valence-electron chi connectivity index (χ3n) is 3.05. The summed E-state index contributed by atoms with van der Waals surface area (Å²) >= 11 is 0. The van der Waals surface area contributed by atoms with Gasteiger partial charge in [0.15, 0.2) is 0 Å². The Balaban J connectivity index is 2.01. The van der Waals surface area contributed by atoms with Crippen molar-refractivity contribution in [2.24, 2.45) is 7.05 Å². The number of nitrogens with one attached hydrogen (secondary N) is 1. The Bertz CT molecular complexity index is 490. The Morgan fingerprint density at radius 1 is 1.35 bits per heavy atom. The summed E-state index contributed by atoms with van der Waals surface area (Å²) in [5.74, 6) is 0. The molecule has 1 aromatic heterocycles. The second-order valence-electron chi connectivity index (χ2n) is 4.31. The Labute approximate surface area is 102 Å². The maximum Gasteiger partial charge on any atom is 0.0738 e. The topological polar surface area (TPSA) is 42.7 Å². The third kappa shape index (κ3) is 2.71. The number of rotatable bonds is 4. The van der Waals surface area contributed by atoms with E-state index in [9.17, 15) is 0 Å². The van der Waals surface area contributed by atoms with Gasteiger partial charge < -0.3 is 5.32 Å². The summed E-state index contributed by atoms with van der Waals surface area (Å²) in [4.78, 5) is 0. The highest BCUT2D eigenvalue weighted by Gasteiger charge is 2.08. The fourth-order valence-electron chi connectivity index (χ4n) is 1.91. The molecule has 2 rings (SSSR count). The van der Waals surface area contributed by atoms with Gasteiger partial charge in [0.2, 0.25) is 0 Å². The summed E-state index contributed by atoms with van der Waals surface area (Å²) in [7, 11) is 1.91. The van der Waals surface area contributed by atoms with Crippen molar-refractivity contribution in [3.05, 3.63) is 47.3 Å². The van der Waals surface area contributed by atoms with Gasteiger partial charge in [-0.1, -0.05) is 29.5 Å². The van der Waals surface area contributed by atoms with E-state index >= 15 is 0 Å². The molecule has 1 N–H and O–H groups in total. The van der Waals surface area contributed by atoms with Crippen LogP contribution in [0.15, 0.2) is 30.5 Å². The molecule has 0 unspecified atom stereocenters. The average molecular weight is 230 g/mol. The molecule has 0 aliphatic carbocycles. The van der Waals surface area contributed by atoms with Gasteiger partial charge in [0, 0.05) is 19.6 Å². The van der Waals surface area contributed by atoms with Gasteiger partial charge in [-0.15, -0.1) is 5.10 Å². The molecule has 0 amide bonds. The molecule has 17 heavy (non-hydrogen) atoms. The van der Waals surface area contributed by atoms with Gasteiger partial charge in [-0.2, -0.15) is 0 Å². The van der Waals surface area contributed by atoms with E-state index in [1.54, 1.807) is 10.9 Å². The Morgan fingerprint density at radius 3 is 2.76 bits per heavy atom. The van der Waals surface area contributed by atoms with Crippen LogP contribution in [0.3, 0.4) is 0 Å². The number of hydrogen-bond donors (Lipinski definition) is 1. The van der Waals surface area contributed by atoms with Gasteiger partial charge in [-0.3, -0.25) is 4.68 Å². The minimum absolute atomic E-state index is 0.325. The van der Waals surface area contributed by atoms with E-state index in [-0.39, 0.29) is 0 Å². The molecule has 0 saturated carbocycles. The molecule has 1 heterocycles. The number of benzene rings is 1. The lowest BCUT2D eigenvalue weighted by Crippen LogP contribution is -2.20. The van der Waals surface area contributed by atoms with Crippen molar-refractivity contribution in [2.75, 3.05) is 0 Å². The largest absolute Gasteiger partial charge is 0.305 e. The molecule has 90 valence electrons. The third-order valence-corrected chi connectivity index (χ3v) is 3.05. The standard InChI is InChI=1S/C13H18N4/c1-10-6-4-5-7-13(10)11(2)14-8-12-9-15-16-17(12)3/h4-7,9,11,14H,8H2,1-3H3/t11-/m0/s1. The minimum atomic E-state index is 0.325. The summed E-state index contributed by atoms with van der Waals surface area (Å²) in [5.41, 5.74) is 3.74. The predicted octanol–water partition coefficient (Wildman–Crippen LogP) is 1.97. The fraction of sp³-hybridized carbons (Fsp3) is 0.385. The molecule has 1 atom stereocenters. The predicted molar refractivity (Wildman–Crippen MR) is 67.4 cm³/mol. The van der Waals surface area contributed by atoms with Crippen LogP contribution in [0.1, 0.15) is 29.8 Å². The summed E-state index contributed by atoms with van der Waals surface area (Å²) < 4.78 is 1.79. The maximum absolute atomic E-state index is 3.91. The van der Waals surface area contributed by atoms with E-state index < -0.39 is 0 Å². The van der Waals surface area contributed by atoms with Crippen molar-refractivity contribution in [1.82, 2.24) is 20.3 Å². The summed E-state index contributed by atoms with van der Waals surface area (Å²) in [6.07, 6.45) is 1.79. The first-order valence-electron chi connectivity index (χ1n) is 5.81. The molecule has 4 heteroatoms. The first kappa shape index (κ1) is 11.8. The van der Waals surface area contributed by atoms with E-state index in [2.05, 4.69) is 53.7 Å². The van der Waals surface area contributed by atoms with Crippen molar-refractivity contribution in [1.29, 1.82) is 0 Å². The van der Waals surface area contributed by atoms with Gasteiger partial charge in [0.25, 0.3) is 0 Å². The van der Waals surface area contributed by atoms with E-state index in [4.69, 9.17) is 0 Å². The zero-order chi connectivity index (χ0) is 12.3. The normalized spacial score (nSPS) is 12.6. The van der Waals surface area contributed by atoms with Crippen LogP contribution >= 0.6 is 0 Å². The molecule has 0 aliphatic heterocycles. The molecule has 0 spiro atoms. The smallest absolute Gasteiger partial charge is 0.0738 e. The molecular formula is C13H18N4.